The molecule has 0 radical (unpaired) electrons. The minimum atomic E-state index is -1.07. The van der Waals surface area contributed by atoms with Crippen LogP contribution in [0, 0.1) is 0 Å². The maximum atomic E-state index is 12.4. The molecule has 1 amide bonds. The van der Waals surface area contributed by atoms with Gasteiger partial charge in [0.1, 0.15) is 12.1 Å². The Morgan fingerprint density at radius 1 is 1.48 bits per heavy atom. The number of aromatic nitrogens is 3. The van der Waals surface area contributed by atoms with Gasteiger partial charge in [-0.1, -0.05) is 11.3 Å². The van der Waals surface area contributed by atoms with Crippen molar-refractivity contribution < 1.29 is 14.7 Å². The maximum Gasteiger partial charge on any atom is 0.323 e. The Balaban J connectivity index is 2.32. The zero-order valence-corrected chi connectivity index (χ0v) is 11.7. The quantitative estimate of drug-likeness (QED) is 0.806. The van der Waals surface area contributed by atoms with Crippen molar-refractivity contribution in [2.45, 2.75) is 13.5 Å². The fraction of sp³-hybridized carbons (Fsp3) is 0.286. The van der Waals surface area contributed by atoms with Crippen molar-refractivity contribution >= 4 is 22.9 Å². The molecule has 1 N–H and O–H groups in total. The molecule has 110 valence electrons. The van der Waals surface area contributed by atoms with Gasteiger partial charge in [-0.15, -0.1) is 11.7 Å². The molecule has 21 heavy (non-hydrogen) atoms. The second-order valence-electron chi connectivity index (χ2n) is 4.48. The first-order valence-corrected chi connectivity index (χ1v) is 6.52. The van der Waals surface area contributed by atoms with Gasteiger partial charge >= 0.3 is 5.97 Å². The number of aliphatic carboxylic acids is 1. The van der Waals surface area contributed by atoms with Crippen LogP contribution in [-0.4, -0.2) is 50.0 Å². The number of aryl methyl sites for hydroxylation is 1. The molecule has 0 atom stereocenters. The standard InChI is InChI=1S/C14H16N4O3/c1-3-7-17(9-13(19)20)14(21)10-5-6-12-11(8-10)15-16-18(12)4-2/h3,5-6,8H,1,4,7,9H2,2H3,(H,19,20). The first-order valence-electron chi connectivity index (χ1n) is 6.52. The van der Waals surface area contributed by atoms with Crippen LogP contribution in [0.25, 0.3) is 11.0 Å². The van der Waals surface area contributed by atoms with E-state index in [-0.39, 0.29) is 19.0 Å². The van der Waals surface area contributed by atoms with Crippen molar-refractivity contribution in [3.05, 3.63) is 36.4 Å². The van der Waals surface area contributed by atoms with Gasteiger partial charge in [-0.25, -0.2) is 4.68 Å². The molecule has 1 heterocycles. The maximum absolute atomic E-state index is 12.4. The van der Waals surface area contributed by atoms with Gasteiger partial charge in [0.2, 0.25) is 0 Å². The summed E-state index contributed by atoms with van der Waals surface area (Å²) in [7, 11) is 0. The molecule has 0 saturated carbocycles. The predicted octanol–water partition coefficient (Wildman–Crippen LogP) is 1.16. The molecule has 1 aromatic carbocycles. The first kappa shape index (κ1) is 14.7. The van der Waals surface area contributed by atoms with Crippen molar-refractivity contribution in [3.63, 3.8) is 0 Å². The zero-order valence-electron chi connectivity index (χ0n) is 11.7. The fourth-order valence-electron chi connectivity index (χ4n) is 2.06. The van der Waals surface area contributed by atoms with Crippen LogP contribution in [-0.2, 0) is 11.3 Å². The Morgan fingerprint density at radius 2 is 2.24 bits per heavy atom. The summed E-state index contributed by atoms with van der Waals surface area (Å²) in [6, 6.07) is 5.03. The number of carbonyl (C=O) groups excluding carboxylic acids is 1. The number of carboxylic acids is 1. The summed E-state index contributed by atoms with van der Waals surface area (Å²) in [5.74, 6) is -1.44. The third-order valence-corrected chi connectivity index (χ3v) is 3.02. The van der Waals surface area contributed by atoms with Crippen LogP contribution < -0.4 is 0 Å². The van der Waals surface area contributed by atoms with E-state index in [4.69, 9.17) is 5.11 Å². The average Bonchev–Trinajstić information content (AvgIpc) is 2.87. The Kier molecular flexibility index (Phi) is 4.32. The lowest BCUT2D eigenvalue weighted by Gasteiger charge is -2.18. The SMILES string of the molecule is C=CCN(CC(=O)O)C(=O)c1ccc2c(c1)nnn2CC. The van der Waals surface area contributed by atoms with E-state index in [1.807, 2.05) is 6.92 Å². The summed E-state index contributed by atoms with van der Waals surface area (Å²) in [5.41, 5.74) is 1.83. The van der Waals surface area contributed by atoms with Gasteiger partial charge in [0.15, 0.2) is 0 Å². The lowest BCUT2D eigenvalue weighted by Crippen LogP contribution is -2.35. The van der Waals surface area contributed by atoms with Crippen LogP contribution in [0.5, 0.6) is 0 Å². The Morgan fingerprint density at radius 3 is 2.86 bits per heavy atom. The summed E-state index contributed by atoms with van der Waals surface area (Å²) >= 11 is 0. The number of rotatable bonds is 6. The van der Waals surface area contributed by atoms with E-state index in [9.17, 15) is 9.59 Å². The Bertz CT molecular complexity index is 693. The molecular formula is C14H16N4O3. The van der Waals surface area contributed by atoms with Crippen molar-refractivity contribution in [2.24, 2.45) is 0 Å². The van der Waals surface area contributed by atoms with Gasteiger partial charge in [0.05, 0.1) is 5.52 Å². The molecule has 0 saturated heterocycles. The van der Waals surface area contributed by atoms with Crippen LogP contribution >= 0.6 is 0 Å². The molecule has 2 rings (SSSR count). The number of hydrogen-bond acceptors (Lipinski definition) is 4. The Hall–Kier alpha value is -2.70. The molecule has 7 nitrogen and oxygen atoms in total. The molecule has 0 aliphatic heterocycles. The van der Waals surface area contributed by atoms with E-state index < -0.39 is 5.97 Å². The number of carbonyl (C=O) groups is 2. The van der Waals surface area contributed by atoms with Crippen LogP contribution in [0.4, 0.5) is 0 Å². The largest absolute Gasteiger partial charge is 0.480 e. The van der Waals surface area contributed by atoms with Crippen LogP contribution in [0.1, 0.15) is 17.3 Å². The number of fused-ring (bicyclic) bond motifs is 1. The lowest BCUT2D eigenvalue weighted by atomic mass is 10.1. The normalized spacial score (nSPS) is 10.5. The molecule has 0 aliphatic rings. The minimum Gasteiger partial charge on any atom is -0.480 e. The minimum absolute atomic E-state index is 0.171. The molecule has 2 aromatic rings. The third kappa shape index (κ3) is 3.07. The van der Waals surface area contributed by atoms with Crippen LogP contribution in [0.15, 0.2) is 30.9 Å². The van der Waals surface area contributed by atoms with Gasteiger partial charge in [-0.3, -0.25) is 9.59 Å². The highest BCUT2D eigenvalue weighted by Gasteiger charge is 2.18. The highest BCUT2D eigenvalue weighted by molar-refractivity contribution is 5.98. The second kappa shape index (κ2) is 6.17. The van der Waals surface area contributed by atoms with E-state index in [1.54, 1.807) is 22.9 Å². The highest BCUT2D eigenvalue weighted by atomic mass is 16.4. The number of hydrogen-bond donors (Lipinski definition) is 1. The number of nitrogens with zero attached hydrogens (tertiary/aromatic N) is 4. The molecule has 7 heteroatoms. The van der Waals surface area contributed by atoms with Crippen molar-refractivity contribution in [2.75, 3.05) is 13.1 Å². The summed E-state index contributed by atoms with van der Waals surface area (Å²) in [5, 5.41) is 16.8. The van der Waals surface area contributed by atoms with Gasteiger partial charge in [0.25, 0.3) is 5.91 Å². The number of amides is 1. The second-order valence-corrected chi connectivity index (χ2v) is 4.48. The highest BCUT2D eigenvalue weighted by Crippen LogP contribution is 2.15. The van der Waals surface area contributed by atoms with E-state index in [0.717, 1.165) is 5.52 Å². The first-order chi connectivity index (χ1) is 10.1. The summed E-state index contributed by atoms with van der Waals surface area (Å²) < 4.78 is 1.72. The smallest absolute Gasteiger partial charge is 0.323 e. The number of benzene rings is 1. The molecule has 0 fully saturated rings. The molecule has 0 bridgehead atoms. The van der Waals surface area contributed by atoms with E-state index in [0.29, 0.717) is 17.6 Å². The van der Waals surface area contributed by atoms with Crippen molar-refractivity contribution in [3.8, 4) is 0 Å². The average molecular weight is 288 g/mol. The van der Waals surface area contributed by atoms with Gasteiger partial charge in [-0.05, 0) is 25.1 Å². The summed E-state index contributed by atoms with van der Waals surface area (Å²) in [6.07, 6.45) is 1.49. The van der Waals surface area contributed by atoms with E-state index in [2.05, 4.69) is 16.9 Å². The fourth-order valence-corrected chi connectivity index (χ4v) is 2.06. The third-order valence-electron chi connectivity index (χ3n) is 3.02. The van der Waals surface area contributed by atoms with Crippen LogP contribution in [0.3, 0.4) is 0 Å². The van der Waals surface area contributed by atoms with Crippen molar-refractivity contribution in [1.82, 2.24) is 19.9 Å². The van der Waals surface area contributed by atoms with E-state index >= 15 is 0 Å². The summed E-state index contributed by atoms with van der Waals surface area (Å²) in [4.78, 5) is 24.4. The van der Waals surface area contributed by atoms with E-state index in [1.165, 1.54) is 11.0 Å². The van der Waals surface area contributed by atoms with Gasteiger partial charge in [0, 0.05) is 18.7 Å². The monoisotopic (exact) mass is 288 g/mol. The molecular weight excluding hydrogens is 272 g/mol. The summed E-state index contributed by atoms with van der Waals surface area (Å²) in [6.45, 7) is 5.97. The topological polar surface area (TPSA) is 88.3 Å². The number of carboxylic acid groups (broad SMARTS) is 1. The Labute approximate surface area is 121 Å². The molecule has 0 unspecified atom stereocenters. The predicted molar refractivity (Wildman–Crippen MR) is 76.9 cm³/mol. The van der Waals surface area contributed by atoms with Crippen molar-refractivity contribution in [1.29, 1.82) is 0 Å². The van der Waals surface area contributed by atoms with Crippen LogP contribution in [0.2, 0.25) is 0 Å². The van der Waals surface area contributed by atoms with Gasteiger partial charge < -0.3 is 10.0 Å². The molecule has 1 aromatic heterocycles. The molecule has 0 spiro atoms. The lowest BCUT2D eigenvalue weighted by molar-refractivity contribution is -0.137. The zero-order chi connectivity index (χ0) is 15.4. The van der Waals surface area contributed by atoms with Gasteiger partial charge in [-0.2, -0.15) is 0 Å². The molecule has 0 aliphatic carbocycles.